The van der Waals surface area contributed by atoms with Crippen LogP contribution in [0, 0.1) is 11.8 Å². The molecule has 7 nitrogen and oxygen atoms in total. The summed E-state index contributed by atoms with van der Waals surface area (Å²) < 4.78 is 50.6. The highest BCUT2D eigenvalue weighted by Gasteiger charge is 2.32. The molecule has 0 aromatic heterocycles. The first kappa shape index (κ1) is 28.2. The van der Waals surface area contributed by atoms with Crippen molar-refractivity contribution in [1.82, 2.24) is 9.80 Å². The molecule has 1 N–H and O–H groups in total. The maximum Gasteiger partial charge on any atom is 0.390 e. The lowest BCUT2D eigenvalue weighted by atomic mass is 10.0. The summed E-state index contributed by atoms with van der Waals surface area (Å²) in [5.74, 6) is -0.149. The Morgan fingerprint density at radius 1 is 1.19 bits per heavy atom. The van der Waals surface area contributed by atoms with E-state index in [9.17, 15) is 22.8 Å². The fourth-order valence-electron chi connectivity index (χ4n) is 4.94. The average molecular weight is 514 g/mol. The number of alkyl halides is 3. The van der Waals surface area contributed by atoms with Crippen molar-refractivity contribution in [1.29, 1.82) is 0 Å². The highest BCUT2D eigenvalue weighted by Crippen LogP contribution is 2.29. The third-order valence-electron chi connectivity index (χ3n) is 7.25. The van der Waals surface area contributed by atoms with Gasteiger partial charge in [-0.2, -0.15) is 13.2 Å². The van der Waals surface area contributed by atoms with Gasteiger partial charge in [0.2, 0.25) is 5.91 Å². The summed E-state index contributed by atoms with van der Waals surface area (Å²) in [6.45, 7) is 4.33. The van der Waals surface area contributed by atoms with E-state index < -0.39 is 12.6 Å². The van der Waals surface area contributed by atoms with Crippen LogP contribution >= 0.6 is 0 Å². The van der Waals surface area contributed by atoms with Crippen molar-refractivity contribution in [3.63, 3.8) is 0 Å². The zero-order valence-electron chi connectivity index (χ0n) is 21.6. The number of carbonyl (C=O) groups excluding carboxylic acids is 2. The number of nitrogens with one attached hydrogen (secondary N) is 1. The van der Waals surface area contributed by atoms with Crippen molar-refractivity contribution in [3.8, 4) is 5.75 Å². The molecule has 1 fully saturated rings. The molecule has 1 heterocycles. The Labute approximate surface area is 211 Å². The van der Waals surface area contributed by atoms with E-state index in [0.717, 1.165) is 25.7 Å². The molecular weight excluding hydrogens is 475 g/mol. The van der Waals surface area contributed by atoms with Crippen LogP contribution in [0.25, 0.3) is 0 Å². The van der Waals surface area contributed by atoms with Gasteiger partial charge in [-0.3, -0.25) is 14.5 Å². The van der Waals surface area contributed by atoms with Crippen LogP contribution in [0.1, 0.15) is 56.3 Å². The summed E-state index contributed by atoms with van der Waals surface area (Å²) in [6.07, 6.45) is -1.74. The SMILES string of the molecule is CO[C@@H]1CN(C)C(=O)c2cc(NC(=O)C3CCCC3)ccc2OC[C@@H](C)N(CCC(F)(F)F)C[C@@H]1C. The highest BCUT2D eigenvalue weighted by molar-refractivity contribution is 5.99. The number of hydrogen-bond acceptors (Lipinski definition) is 5. The summed E-state index contributed by atoms with van der Waals surface area (Å²) >= 11 is 0. The van der Waals surface area contributed by atoms with Gasteiger partial charge in [0, 0.05) is 51.4 Å². The molecule has 0 saturated heterocycles. The highest BCUT2D eigenvalue weighted by atomic mass is 19.4. The second-order valence-electron chi connectivity index (χ2n) is 10.1. The Hall–Kier alpha value is -2.33. The van der Waals surface area contributed by atoms with Crippen LogP contribution in [0.4, 0.5) is 18.9 Å². The molecule has 0 unspecified atom stereocenters. The largest absolute Gasteiger partial charge is 0.491 e. The van der Waals surface area contributed by atoms with Crippen LogP contribution < -0.4 is 10.1 Å². The van der Waals surface area contributed by atoms with Crippen molar-refractivity contribution >= 4 is 17.5 Å². The standard InChI is InChI=1S/C26H38F3N3O4/c1-17-14-32(12-11-26(27,28)29)18(2)16-36-22-10-9-20(30-24(33)19-7-5-6-8-19)13-21(22)25(34)31(3)15-23(17)35-4/h9-10,13,17-19,23H,5-8,11-12,14-16H2,1-4H3,(H,30,33)/t17-,18+,23+/m0/s1. The van der Waals surface area contributed by atoms with Crippen LogP contribution in [-0.2, 0) is 9.53 Å². The molecule has 1 aromatic carbocycles. The summed E-state index contributed by atoms with van der Waals surface area (Å²) in [5, 5.41) is 2.92. The smallest absolute Gasteiger partial charge is 0.390 e. The molecule has 1 aliphatic carbocycles. The molecule has 1 aromatic rings. The van der Waals surface area contributed by atoms with E-state index in [1.807, 2.05) is 13.8 Å². The minimum atomic E-state index is -4.26. The number of halogens is 3. The van der Waals surface area contributed by atoms with Gasteiger partial charge in [0.25, 0.3) is 5.91 Å². The Balaban J connectivity index is 1.87. The number of anilines is 1. The van der Waals surface area contributed by atoms with E-state index in [0.29, 0.717) is 23.5 Å². The first-order chi connectivity index (χ1) is 17.0. The third kappa shape index (κ3) is 7.59. The van der Waals surface area contributed by atoms with Crippen molar-refractivity contribution in [3.05, 3.63) is 23.8 Å². The minimum absolute atomic E-state index is 0.0203. The van der Waals surface area contributed by atoms with Crippen molar-refractivity contribution in [2.24, 2.45) is 11.8 Å². The van der Waals surface area contributed by atoms with E-state index in [1.54, 1.807) is 37.3 Å². The quantitative estimate of drug-likeness (QED) is 0.625. The Kier molecular flexibility index (Phi) is 9.63. The van der Waals surface area contributed by atoms with Crippen LogP contribution in [0.15, 0.2) is 18.2 Å². The number of ether oxygens (including phenoxy) is 2. The molecule has 0 radical (unpaired) electrons. The van der Waals surface area contributed by atoms with E-state index in [4.69, 9.17) is 9.47 Å². The second kappa shape index (κ2) is 12.3. The summed E-state index contributed by atoms with van der Waals surface area (Å²) in [6, 6.07) is 4.62. The maximum absolute atomic E-state index is 13.4. The maximum atomic E-state index is 13.4. The normalized spacial score (nSPS) is 25.0. The zero-order chi connectivity index (χ0) is 26.5. The molecule has 10 heteroatoms. The lowest BCUT2D eigenvalue weighted by molar-refractivity contribution is -0.140. The molecule has 202 valence electrons. The number of fused-ring (bicyclic) bond motifs is 1. The zero-order valence-corrected chi connectivity index (χ0v) is 21.6. The topological polar surface area (TPSA) is 71.1 Å². The van der Waals surface area contributed by atoms with Gasteiger partial charge in [-0.25, -0.2) is 0 Å². The predicted octanol–water partition coefficient (Wildman–Crippen LogP) is 4.57. The van der Waals surface area contributed by atoms with Gasteiger partial charge in [-0.05, 0) is 43.9 Å². The van der Waals surface area contributed by atoms with Crippen molar-refractivity contribution in [2.75, 3.05) is 45.7 Å². The average Bonchev–Trinajstić information content (AvgIpc) is 3.37. The Morgan fingerprint density at radius 2 is 1.89 bits per heavy atom. The van der Waals surface area contributed by atoms with Gasteiger partial charge in [-0.15, -0.1) is 0 Å². The van der Waals surface area contributed by atoms with Gasteiger partial charge in [-0.1, -0.05) is 19.8 Å². The molecular formula is C26H38F3N3O4. The van der Waals surface area contributed by atoms with Gasteiger partial charge in [0.15, 0.2) is 0 Å². The Bertz CT molecular complexity index is 905. The van der Waals surface area contributed by atoms with E-state index in [2.05, 4.69) is 5.32 Å². The third-order valence-corrected chi connectivity index (χ3v) is 7.25. The van der Waals surface area contributed by atoms with Crippen LogP contribution in [0.5, 0.6) is 5.75 Å². The van der Waals surface area contributed by atoms with Gasteiger partial charge in [0.05, 0.1) is 18.1 Å². The van der Waals surface area contributed by atoms with Crippen molar-refractivity contribution < 1.29 is 32.2 Å². The molecule has 1 aliphatic heterocycles. The summed E-state index contributed by atoms with van der Waals surface area (Å²) in [4.78, 5) is 29.3. The van der Waals surface area contributed by atoms with Gasteiger partial charge < -0.3 is 19.7 Å². The number of amides is 2. The Morgan fingerprint density at radius 3 is 2.53 bits per heavy atom. The number of likely N-dealkylation sites (N-methyl/N-ethyl adjacent to an activating group) is 1. The number of methoxy groups -OCH3 is 1. The molecule has 1 saturated carbocycles. The minimum Gasteiger partial charge on any atom is -0.491 e. The first-order valence-corrected chi connectivity index (χ1v) is 12.6. The summed E-state index contributed by atoms with van der Waals surface area (Å²) in [7, 11) is 3.20. The fourth-order valence-corrected chi connectivity index (χ4v) is 4.94. The van der Waals surface area contributed by atoms with Crippen LogP contribution in [0.2, 0.25) is 0 Å². The van der Waals surface area contributed by atoms with Crippen molar-refractivity contribution in [2.45, 2.75) is 64.3 Å². The monoisotopic (exact) mass is 513 g/mol. The summed E-state index contributed by atoms with van der Waals surface area (Å²) in [5.41, 5.74) is 0.804. The lowest BCUT2D eigenvalue weighted by Gasteiger charge is -2.36. The molecule has 0 spiro atoms. The molecule has 3 atom stereocenters. The fraction of sp³-hybridized carbons (Fsp3) is 0.692. The van der Waals surface area contributed by atoms with E-state index in [1.165, 1.54) is 4.90 Å². The lowest BCUT2D eigenvalue weighted by Crippen LogP contribution is -2.47. The first-order valence-electron chi connectivity index (χ1n) is 12.6. The molecule has 3 rings (SSSR count). The number of benzene rings is 1. The molecule has 0 bridgehead atoms. The number of nitrogens with zero attached hydrogens (tertiary/aromatic N) is 2. The van der Waals surface area contributed by atoms with Crippen LogP contribution in [0.3, 0.4) is 0 Å². The molecule has 2 aliphatic rings. The molecule has 2 amide bonds. The number of carbonyl (C=O) groups is 2. The van der Waals surface area contributed by atoms with Gasteiger partial charge >= 0.3 is 6.18 Å². The van der Waals surface area contributed by atoms with E-state index in [-0.39, 0.29) is 55.5 Å². The van der Waals surface area contributed by atoms with E-state index >= 15 is 0 Å². The second-order valence-corrected chi connectivity index (χ2v) is 10.1. The molecule has 36 heavy (non-hydrogen) atoms. The van der Waals surface area contributed by atoms with Crippen LogP contribution in [-0.4, -0.2) is 80.3 Å². The predicted molar refractivity (Wildman–Crippen MR) is 131 cm³/mol. The van der Waals surface area contributed by atoms with Gasteiger partial charge in [0.1, 0.15) is 12.4 Å². The number of rotatable bonds is 5. The number of hydrogen-bond donors (Lipinski definition) is 1.